The van der Waals surface area contributed by atoms with Crippen LogP contribution in [0.2, 0.25) is 0 Å². The number of fused-ring (bicyclic) bond motifs is 2. The first-order valence-corrected chi connectivity index (χ1v) is 7.80. The zero-order valence-electron chi connectivity index (χ0n) is 12.7. The average Bonchev–Trinajstić information content (AvgIpc) is 2.71. The monoisotopic (exact) mass is 290 g/mol. The Labute approximate surface area is 125 Å². The predicted octanol–water partition coefficient (Wildman–Crippen LogP) is 2.46. The van der Waals surface area contributed by atoms with Crippen LogP contribution in [0.3, 0.4) is 0 Å². The Morgan fingerprint density at radius 1 is 1.24 bits per heavy atom. The molecule has 2 bridgehead atoms. The Morgan fingerprint density at radius 2 is 1.95 bits per heavy atom. The maximum absolute atomic E-state index is 14.1. The molecule has 114 valence electrons. The quantitative estimate of drug-likeness (QED) is 0.907. The molecule has 0 spiro atoms. The van der Waals surface area contributed by atoms with Crippen molar-refractivity contribution in [3.8, 4) is 0 Å². The summed E-state index contributed by atoms with van der Waals surface area (Å²) < 4.78 is 14.1. The first kappa shape index (κ1) is 14.5. The molecule has 0 aromatic heterocycles. The summed E-state index contributed by atoms with van der Waals surface area (Å²) in [5.74, 6) is -0.236. The van der Waals surface area contributed by atoms with Gasteiger partial charge in [-0.05, 0) is 45.7 Å². The number of hydrogen-bond acceptors (Lipinski definition) is 2. The second kappa shape index (κ2) is 5.41. The zero-order chi connectivity index (χ0) is 15.0. The lowest BCUT2D eigenvalue weighted by Crippen LogP contribution is -2.50. The van der Waals surface area contributed by atoms with Gasteiger partial charge >= 0.3 is 0 Å². The number of nitrogens with one attached hydrogen (secondary N) is 1. The molecule has 1 N–H and O–H groups in total. The third-order valence-corrected chi connectivity index (χ3v) is 4.97. The summed E-state index contributed by atoms with van der Waals surface area (Å²) in [7, 11) is 0. The van der Waals surface area contributed by atoms with E-state index in [2.05, 4.69) is 5.32 Å². The zero-order valence-corrected chi connectivity index (χ0v) is 12.7. The first-order valence-electron chi connectivity index (χ1n) is 7.80. The Kier molecular flexibility index (Phi) is 3.74. The van der Waals surface area contributed by atoms with Gasteiger partial charge in [0.1, 0.15) is 5.82 Å². The summed E-state index contributed by atoms with van der Waals surface area (Å²) in [5, 5.41) is 3.40. The maximum Gasteiger partial charge on any atom is 0.233 e. The highest BCUT2D eigenvalue weighted by atomic mass is 19.1. The topological polar surface area (TPSA) is 32.3 Å². The Morgan fingerprint density at radius 3 is 2.71 bits per heavy atom. The van der Waals surface area contributed by atoms with Gasteiger partial charge in [0.05, 0.1) is 5.41 Å². The van der Waals surface area contributed by atoms with Gasteiger partial charge in [0.25, 0.3) is 0 Å². The second-order valence-electron chi connectivity index (χ2n) is 6.70. The Bertz CT molecular complexity index is 529. The predicted molar refractivity (Wildman–Crippen MR) is 80.6 cm³/mol. The molecule has 2 aliphatic heterocycles. The summed E-state index contributed by atoms with van der Waals surface area (Å²) in [4.78, 5) is 15.2. The van der Waals surface area contributed by atoms with Gasteiger partial charge in [0.15, 0.2) is 0 Å². The lowest BCUT2D eigenvalue weighted by molar-refractivity contribution is -0.139. The number of amides is 1. The van der Waals surface area contributed by atoms with Crippen LogP contribution in [0.1, 0.15) is 38.7 Å². The molecule has 3 rings (SSSR count). The molecule has 0 saturated carbocycles. The highest BCUT2D eigenvalue weighted by Crippen LogP contribution is 2.35. The van der Waals surface area contributed by atoms with Crippen LogP contribution >= 0.6 is 0 Å². The van der Waals surface area contributed by atoms with Crippen LogP contribution in [0.4, 0.5) is 4.39 Å². The molecule has 2 saturated heterocycles. The number of carbonyl (C=O) groups is 1. The summed E-state index contributed by atoms with van der Waals surface area (Å²) >= 11 is 0. The Hall–Kier alpha value is -1.42. The molecule has 1 amide bonds. The molecule has 1 aromatic carbocycles. The van der Waals surface area contributed by atoms with E-state index in [0.29, 0.717) is 11.6 Å². The molecule has 2 heterocycles. The molecule has 2 unspecified atom stereocenters. The highest BCUT2D eigenvalue weighted by molar-refractivity contribution is 5.88. The molecular formula is C17H23FN2O. The fraction of sp³-hybridized carbons (Fsp3) is 0.588. The third-order valence-electron chi connectivity index (χ3n) is 4.97. The van der Waals surface area contributed by atoms with Crippen LogP contribution in [0.25, 0.3) is 0 Å². The molecule has 2 fully saturated rings. The largest absolute Gasteiger partial charge is 0.335 e. The van der Waals surface area contributed by atoms with Gasteiger partial charge in [0, 0.05) is 24.2 Å². The van der Waals surface area contributed by atoms with Gasteiger partial charge in [-0.3, -0.25) is 4.79 Å². The smallest absolute Gasteiger partial charge is 0.233 e. The lowest BCUT2D eigenvalue weighted by Gasteiger charge is -2.36. The SMILES string of the molecule is CC(C)(C(=O)N1C2CCNCC1CC2)c1ccccc1F. The number of carbonyl (C=O) groups excluding carboxylic acids is 1. The van der Waals surface area contributed by atoms with E-state index in [9.17, 15) is 9.18 Å². The lowest BCUT2D eigenvalue weighted by atomic mass is 9.82. The minimum Gasteiger partial charge on any atom is -0.335 e. The van der Waals surface area contributed by atoms with Crippen molar-refractivity contribution < 1.29 is 9.18 Å². The van der Waals surface area contributed by atoms with Crippen molar-refractivity contribution in [2.24, 2.45) is 0 Å². The maximum atomic E-state index is 14.1. The minimum atomic E-state index is -0.823. The average molecular weight is 290 g/mol. The van der Waals surface area contributed by atoms with E-state index in [1.165, 1.54) is 6.07 Å². The number of benzene rings is 1. The van der Waals surface area contributed by atoms with Gasteiger partial charge < -0.3 is 10.2 Å². The fourth-order valence-corrected chi connectivity index (χ4v) is 3.72. The van der Waals surface area contributed by atoms with Crippen LogP contribution in [0, 0.1) is 5.82 Å². The standard InChI is InChI=1S/C17H23FN2O/c1-17(2,14-5-3-4-6-15(14)18)16(21)20-12-7-8-13(20)11-19-10-9-12/h3-6,12-13,19H,7-11H2,1-2H3. The Balaban J connectivity index is 1.92. The molecule has 2 atom stereocenters. The second-order valence-corrected chi connectivity index (χ2v) is 6.70. The summed E-state index contributed by atoms with van der Waals surface area (Å²) in [6.45, 7) is 5.50. The fourth-order valence-electron chi connectivity index (χ4n) is 3.72. The van der Waals surface area contributed by atoms with Crippen LogP contribution in [0.5, 0.6) is 0 Å². The van der Waals surface area contributed by atoms with Crippen LogP contribution in [0.15, 0.2) is 24.3 Å². The molecule has 1 aromatic rings. The molecule has 4 heteroatoms. The molecular weight excluding hydrogens is 267 g/mol. The normalized spacial score (nSPS) is 25.8. The van der Waals surface area contributed by atoms with Crippen LogP contribution in [-0.2, 0) is 10.2 Å². The van der Waals surface area contributed by atoms with E-state index in [4.69, 9.17) is 0 Å². The molecule has 0 radical (unpaired) electrons. The molecule has 3 nitrogen and oxygen atoms in total. The van der Waals surface area contributed by atoms with E-state index in [1.807, 2.05) is 18.7 Å². The molecule has 0 aliphatic carbocycles. The number of rotatable bonds is 2. The molecule has 2 aliphatic rings. The van der Waals surface area contributed by atoms with Crippen molar-refractivity contribution in [1.82, 2.24) is 10.2 Å². The van der Waals surface area contributed by atoms with E-state index < -0.39 is 5.41 Å². The van der Waals surface area contributed by atoms with E-state index >= 15 is 0 Å². The van der Waals surface area contributed by atoms with Gasteiger partial charge in [-0.15, -0.1) is 0 Å². The van der Waals surface area contributed by atoms with Crippen molar-refractivity contribution in [2.75, 3.05) is 13.1 Å². The first-order chi connectivity index (χ1) is 10.0. The minimum absolute atomic E-state index is 0.0591. The van der Waals surface area contributed by atoms with Crippen molar-refractivity contribution >= 4 is 5.91 Å². The van der Waals surface area contributed by atoms with Crippen LogP contribution < -0.4 is 5.32 Å². The number of halogens is 1. The van der Waals surface area contributed by atoms with Gasteiger partial charge in [0.2, 0.25) is 5.91 Å². The van der Waals surface area contributed by atoms with E-state index in [-0.39, 0.29) is 17.8 Å². The van der Waals surface area contributed by atoms with Gasteiger partial charge in [-0.1, -0.05) is 18.2 Å². The van der Waals surface area contributed by atoms with Crippen LogP contribution in [-0.4, -0.2) is 36.0 Å². The van der Waals surface area contributed by atoms with Gasteiger partial charge in [-0.25, -0.2) is 4.39 Å². The summed E-state index contributed by atoms with van der Waals surface area (Å²) in [5.41, 5.74) is -0.331. The number of hydrogen-bond donors (Lipinski definition) is 1. The van der Waals surface area contributed by atoms with Crippen molar-refractivity contribution in [3.05, 3.63) is 35.6 Å². The van der Waals surface area contributed by atoms with Crippen molar-refractivity contribution in [1.29, 1.82) is 0 Å². The highest BCUT2D eigenvalue weighted by Gasteiger charge is 2.44. The van der Waals surface area contributed by atoms with Gasteiger partial charge in [-0.2, -0.15) is 0 Å². The third kappa shape index (κ3) is 2.46. The van der Waals surface area contributed by atoms with E-state index in [1.54, 1.807) is 18.2 Å². The number of nitrogens with zero attached hydrogens (tertiary/aromatic N) is 1. The summed E-state index contributed by atoms with van der Waals surface area (Å²) in [6, 6.07) is 7.19. The van der Waals surface area contributed by atoms with E-state index in [0.717, 1.165) is 32.4 Å². The van der Waals surface area contributed by atoms with Crippen molar-refractivity contribution in [3.63, 3.8) is 0 Å². The summed E-state index contributed by atoms with van der Waals surface area (Å²) in [6.07, 6.45) is 3.12. The molecule has 21 heavy (non-hydrogen) atoms. The van der Waals surface area contributed by atoms with Crippen molar-refractivity contribution in [2.45, 2.75) is 50.6 Å².